The molecule has 0 bridgehead atoms. The maximum Gasteiger partial charge on any atom is 0.294 e. The molecule has 0 atom stereocenters. The van der Waals surface area contributed by atoms with E-state index in [1.165, 1.54) is 23.8 Å². The second kappa shape index (κ2) is 9.36. The van der Waals surface area contributed by atoms with Gasteiger partial charge in [0.15, 0.2) is 5.75 Å². The van der Waals surface area contributed by atoms with Crippen LogP contribution in [-0.2, 0) is 0 Å². The first-order valence-electron chi connectivity index (χ1n) is 10.4. The second-order valence-electron chi connectivity index (χ2n) is 7.70. The van der Waals surface area contributed by atoms with Crippen molar-refractivity contribution in [2.45, 2.75) is 26.7 Å². The van der Waals surface area contributed by atoms with Crippen LogP contribution in [0.1, 0.15) is 44.7 Å². The summed E-state index contributed by atoms with van der Waals surface area (Å²) in [6.45, 7) is 5.30. The number of halogens is 1. The molecule has 1 aliphatic rings. The first-order valence-corrected chi connectivity index (χ1v) is 10.8. The third-order valence-corrected chi connectivity index (χ3v) is 5.69. The number of hydrogen-bond acceptors (Lipinski definition) is 5. The number of hydrogen-bond donors (Lipinski definition) is 0. The number of amides is 2. The topological polar surface area (TPSA) is 75.6 Å². The molecule has 1 fully saturated rings. The van der Waals surface area contributed by atoms with E-state index in [-0.39, 0.29) is 22.2 Å². The van der Waals surface area contributed by atoms with E-state index in [2.05, 4.69) is 9.97 Å². The van der Waals surface area contributed by atoms with E-state index in [9.17, 15) is 9.59 Å². The van der Waals surface area contributed by atoms with Gasteiger partial charge < -0.3 is 9.74 Å². The quantitative estimate of drug-likeness (QED) is 0.530. The summed E-state index contributed by atoms with van der Waals surface area (Å²) in [5.41, 5.74) is 3.08. The van der Waals surface area contributed by atoms with Crippen LogP contribution in [0.15, 0.2) is 55.1 Å². The molecule has 2 heterocycles. The Hall–Kier alpha value is -3.45. The fraction of sp³-hybridized carbons (Fsp3) is 0.250. The summed E-state index contributed by atoms with van der Waals surface area (Å²) in [4.78, 5) is 41.7. The molecule has 1 aromatic heterocycles. The average molecular weight is 451 g/mol. The van der Waals surface area contributed by atoms with Gasteiger partial charge in [-0.15, -0.1) is 5.06 Å². The number of aryl methyl sites for hydroxylation is 2. The molecule has 8 heteroatoms. The van der Waals surface area contributed by atoms with Crippen LogP contribution in [0.3, 0.4) is 0 Å². The van der Waals surface area contributed by atoms with Crippen molar-refractivity contribution in [2.24, 2.45) is 0 Å². The third-order valence-electron chi connectivity index (χ3n) is 5.40. The number of para-hydroxylation sites is 1. The molecule has 164 valence electrons. The molecule has 0 spiro atoms. The largest absolute Gasteiger partial charge is 0.370 e. The first kappa shape index (κ1) is 21.8. The molecule has 4 rings (SSSR count). The van der Waals surface area contributed by atoms with Gasteiger partial charge in [0.05, 0.1) is 16.3 Å². The van der Waals surface area contributed by atoms with Crippen molar-refractivity contribution in [3.8, 4) is 5.75 Å². The van der Waals surface area contributed by atoms with Crippen molar-refractivity contribution in [3.05, 3.63) is 82.4 Å². The lowest BCUT2D eigenvalue weighted by atomic mass is 10.1. The van der Waals surface area contributed by atoms with Crippen molar-refractivity contribution in [3.63, 3.8) is 0 Å². The van der Waals surface area contributed by atoms with Gasteiger partial charge in [0.1, 0.15) is 6.33 Å². The lowest BCUT2D eigenvalue weighted by Crippen LogP contribution is -2.35. The predicted molar refractivity (Wildman–Crippen MR) is 122 cm³/mol. The van der Waals surface area contributed by atoms with Crippen LogP contribution < -0.4 is 9.90 Å². The van der Waals surface area contributed by atoms with Crippen molar-refractivity contribution in [1.82, 2.24) is 14.9 Å². The monoisotopic (exact) mass is 450 g/mol. The Balaban J connectivity index is 1.68. The van der Waals surface area contributed by atoms with E-state index in [4.69, 9.17) is 16.4 Å². The van der Waals surface area contributed by atoms with Crippen molar-refractivity contribution in [1.29, 1.82) is 0 Å². The second-order valence-corrected chi connectivity index (χ2v) is 8.11. The summed E-state index contributed by atoms with van der Waals surface area (Å²) >= 11 is 6.48. The smallest absolute Gasteiger partial charge is 0.294 e. The van der Waals surface area contributed by atoms with Crippen molar-refractivity contribution in [2.75, 3.05) is 18.2 Å². The highest BCUT2D eigenvalue weighted by molar-refractivity contribution is 6.32. The Labute approximate surface area is 191 Å². The summed E-state index contributed by atoms with van der Waals surface area (Å²) in [5.74, 6) is -0.228. The minimum Gasteiger partial charge on any atom is -0.370 e. The molecule has 1 saturated heterocycles. The molecule has 2 aromatic carbocycles. The fourth-order valence-electron chi connectivity index (χ4n) is 3.75. The summed E-state index contributed by atoms with van der Waals surface area (Å²) in [7, 11) is 0. The molecule has 0 saturated carbocycles. The fourth-order valence-corrected chi connectivity index (χ4v) is 3.97. The van der Waals surface area contributed by atoms with E-state index < -0.39 is 5.91 Å². The Morgan fingerprint density at radius 2 is 1.66 bits per heavy atom. The van der Waals surface area contributed by atoms with Crippen LogP contribution in [0, 0.1) is 13.8 Å². The van der Waals surface area contributed by atoms with Crippen LogP contribution in [0.25, 0.3) is 0 Å². The highest BCUT2D eigenvalue weighted by Gasteiger charge is 2.26. The van der Waals surface area contributed by atoms with Gasteiger partial charge in [-0.1, -0.05) is 29.8 Å². The zero-order valence-corrected chi connectivity index (χ0v) is 18.7. The number of hydroxylamine groups is 1. The molecular weight excluding hydrogens is 428 g/mol. The van der Waals surface area contributed by atoms with E-state index >= 15 is 0 Å². The average Bonchev–Trinajstić information content (AvgIpc) is 3.34. The standard InChI is InChI=1S/C24H23ClN4O3/c1-16-6-5-7-17(2)22(16)29(24(31)19-13-26-15-27-14-19)32-21-9-8-18(12-20(21)25)23(30)28-10-3-4-11-28/h5-9,12-15H,3-4,10-11H2,1-2H3. The number of nitrogens with zero attached hydrogens (tertiary/aromatic N) is 4. The molecule has 1 aliphatic heterocycles. The molecule has 0 aliphatic carbocycles. The third kappa shape index (κ3) is 4.43. The molecule has 7 nitrogen and oxygen atoms in total. The van der Waals surface area contributed by atoms with Gasteiger partial charge in [-0.05, 0) is 56.0 Å². The SMILES string of the molecule is Cc1cccc(C)c1N(Oc1ccc(C(=O)N2CCCC2)cc1Cl)C(=O)c1cncnc1. The van der Waals surface area contributed by atoms with Crippen LogP contribution >= 0.6 is 11.6 Å². The molecule has 0 N–H and O–H groups in total. The van der Waals surface area contributed by atoms with E-state index in [1.807, 2.05) is 36.9 Å². The van der Waals surface area contributed by atoms with Gasteiger partial charge in [-0.25, -0.2) is 9.97 Å². The first-order chi connectivity index (χ1) is 15.5. The maximum atomic E-state index is 13.3. The van der Waals surface area contributed by atoms with Gasteiger partial charge in [0, 0.05) is 31.0 Å². The normalized spacial score (nSPS) is 13.2. The highest BCUT2D eigenvalue weighted by Crippen LogP contribution is 2.32. The Bertz CT molecular complexity index is 1130. The van der Waals surface area contributed by atoms with Crippen LogP contribution in [-0.4, -0.2) is 39.8 Å². The van der Waals surface area contributed by atoms with Gasteiger partial charge in [0.25, 0.3) is 11.8 Å². The Morgan fingerprint density at radius 1 is 1.00 bits per heavy atom. The zero-order valence-electron chi connectivity index (χ0n) is 17.9. The molecule has 0 unspecified atom stereocenters. The summed E-state index contributed by atoms with van der Waals surface area (Å²) in [5, 5.41) is 1.44. The minimum absolute atomic E-state index is 0.0555. The van der Waals surface area contributed by atoms with Crippen molar-refractivity contribution < 1.29 is 14.4 Å². The summed E-state index contributed by atoms with van der Waals surface area (Å²) < 4.78 is 0. The predicted octanol–water partition coefficient (Wildman–Crippen LogP) is 4.62. The van der Waals surface area contributed by atoms with E-state index in [0.29, 0.717) is 11.3 Å². The zero-order chi connectivity index (χ0) is 22.7. The van der Waals surface area contributed by atoms with Gasteiger partial charge in [0.2, 0.25) is 0 Å². The molecule has 3 aromatic rings. The number of rotatable bonds is 5. The summed E-state index contributed by atoms with van der Waals surface area (Å²) in [6, 6.07) is 10.6. The lowest BCUT2D eigenvalue weighted by molar-refractivity contribution is 0.0791. The number of benzene rings is 2. The Morgan fingerprint density at radius 3 is 2.28 bits per heavy atom. The molecule has 32 heavy (non-hydrogen) atoms. The highest BCUT2D eigenvalue weighted by atomic mass is 35.5. The van der Waals surface area contributed by atoms with Crippen molar-refractivity contribution >= 4 is 29.1 Å². The number of aromatic nitrogens is 2. The van der Waals surface area contributed by atoms with E-state index in [0.717, 1.165) is 37.1 Å². The number of likely N-dealkylation sites (tertiary alicyclic amines) is 1. The number of anilines is 1. The van der Waals surface area contributed by atoms with Gasteiger partial charge >= 0.3 is 0 Å². The molecular formula is C24H23ClN4O3. The molecule has 0 radical (unpaired) electrons. The van der Waals surface area contributed by atoms with Crippen LogP contribution in [0.4, 0.5) is 5.69 Å². The maximum absolute atomic E-state index is 13.3. The molecule has 2 amide bonds. The van der Waals surface area contributed by atoms with Crippen LogP contribution in [0.2, 0.25) is 5.02 Å². The van der Waals surface area contributed by atoms with Crippen LogP contribution in [0.5, 0.6) is 5.75 Å². The lowest BCUT2D eigenvalue weighted by Gasteiger charge is -2.26. The summed E-state index contributed by atoms with van der Waals surface area (Å²) in [6.07, 6.45) is 6.23. The van der Waals surface area contributed by atoms with Gasteiger partial charge in [-0.2, -0.15) is 0 Å². The van der Waals surface area contributed by atoms with Gasteiger partial charge in [-0.3, -0.25) is 9.59 Å². The minimum atomic E-state index is -0.434. The number of carbonyl (C=O) groups is 2. The Kier molecular flexibility index (Phi) is 6.37. The number of carbonyl (C=O) groups excluding carboxylic acids is 2. The van der Waals surface area contributed by atoms with E-state index in [1.54, 1.807) is 18.2 Å².